The molecule has 0 radical (unpaired) electrons. The van der Waals surface area contributed by atoms with Crippen LogP contribution in [-0.2, 0) is 6.18 Å². The molecule has 2 rings (SSSR count). The van der Waals surface area contributed by atoms with E-state index in [0.29, 0.717) is 5.56 Å². The molecule has 2 atom stereocenters. The van der Waals surface area contributed by atoms with Crippen molar-refractivity contribution in [2.24, 2.45) is 11.1 Å². The molecule has 2 N–H and O–H groups in total. The largest absolute Gasteiger partial charge is 0.419 e. The Morgan fingerprint density at radius 3 is 2.18 bits per heavy atom. The van der Waals surface area contributed by atoms with Gasteiger partial charge in [0.1, 0.15) is 5.82 Å². The fourth-order valence-corrected chi connectivity index (χ4v) is 2.27. The predicted molar refractivity (Wildman–Crippen MR) is 55.9 cm³/mol. The minimum Gasteiger partial charge on any atom is -0.327 e. The lowest BCUT2D eigenvalue weighted by Gasteiger charge is -2.10. The third-order valence-corrected chi connectivity index (χ3v) is 3.57. The standard InChI is InChI=1S/C12H13F4N/c1-11(2)9(10(11)17)6-3-4-8(13)7(5-6)12(14,15)16/h3-5,9-10H,17H2,1-2H3/t9-,10-/m1/s1. The second-order valence-corrected chi connectivity index (χ2v) is 5.06. The fraction of sp³-hybridized carbons (Fsp3) is 0.500. The Balaban J connectivity index is 2.40. The molecule has 0 saturated heterocycles. The molecule has 94 valence electrons. The fourth-order valence-electron chi connectivity index (χ4n) is 2.27. The number of halogens is 4. The van der Waals surface area contributed by atoms with Crippen molar-refractivity contribution in [2.75, 3.05) is 0 Å². The van der Waals surface area contributed by atoms with Crippen LogP contribution in [0.3, 0.4) is 0 Å². The molecule has 1 fully saturated rings. The summed E-state index contributed by atoms with van der Waals surface area (Å²) < 4.78 is 50.7. The molecule has 0 bridgehead atoms. The molecule has 1 saturated carbocycles. The predicted octanol–water partition coefficient (Wildman–Crippen LogP) is 3.30. The molecule has 0 aliphatic heterocycles. The van der Waals surface area contributed by atoms with Gasteiger partial charge in [-0.2, -0.15) is 13.2 Å². The molecular weight excluding hydrogens is 234 g/mol. The normalized spacial score (nSPS) is 27.0. The van der Waals surface area contributed by atoms with Gasteiger partial charge in [0, 0.05) is 12.0 Å². The van der Waals surface area contributed by atoms with Crippen LogP contribution in [0.5, 0.6) is 0 Å². The van der Waals surface area contributed by atoms with Crippen LogP contribution in [0, 0.1) is 11.2 Å². The van der Waals surface area contributed by atoms with Gasteiger partial charge in [-0.15, -0.1) is 0 Å². The summed E-state index contributed by atoms with van der Waals surface area (Å²) in [5.74, 6) is -1.38. The van der Waals surface area contributed by atoms with Crippen LogP contribution in [0.25, 0.3) is 0 Å². The summed E-state index contributed by atoms with van der Waals surface area (Å²) in [4.78, 5) is 0. The average Bonchev–Trinajstić information content (AvgIpc) is 2.66. The van der Waals surface area contributed by atoms with Crippen LogP contribution in [-0.4, -0.2) is 6.04 Å². The summed E-state index contributed by atoms with van der Waals surface area (Å²) in [5.41, 5.74) is 4.81. The summed E-state index contributed by atoms with van der Waals surface area (Å²) in [6.45, 7) is 3.78. The maximum atomic E-state index is 13.1. The van der Waals surface area contributed by atoms with E-state index in [9.17, 15) is 17.6 Å². The zero-order valence-corrected chi connectivity index (χ0v) is 9.48. The molecule has 1 aliphatic rings. The van der Waals surface area contributed by atoms with Gasteiger partial charge in [-0.25, -0.2) is 4.39 Å². The molecule has 0 heterocycles. The smallest absolute Gasteiger partial charge is 0.327 e. The van der Waals surface area contributed by atoms with E-state index in [1.165, 1.54) is 6.07 Å². The lowest BCUT2D eigenvalue weighted by Crippen LogP contribution is -2.09. The van der Waals surface area contributed by atoms with Gasteiger partial charge in [0.2, 0.25) is 0 Å². The van der Waals surface area contributed by atoms with Crippen LogP contribution in [0.15, 0.2) is 18.2 Å². The van der Waals surface area contributed by atoms with Crippen molar-refractivity contribution in [2.45, 2.75) is 32.0 Å². The number of benzene rings is 1. The van der Waals surface area contributed by atoms with Gasteiger partial charge in [0.05, 0.1) is 5.56 Å². The summed E-state index contributed by atoms with van der Waals surface area (Å²) >= 11 is 0. The SMILES string of the molecule is CC1(C)[C@H](N)[C@H]1c1ccc(F)c(C(F)(F)F)c1. The van der Waals surface area contributed by atoms with Gasteiger partial charge in [-0.3, -0.25) is 0 Å². The van der Waals surface area contributed by atoms with Crippen LogP contribution in [0.4, 0.5) is 17.6 Å². The van der Waals surface area contributed by atoms with Crippen LogP contribution in [0.1, 0.15) is 30.9 Å². The van der Waals surface area contributed by atoms with Gasteiger partial charge >= 0.3 is 6.18 Å². The van der Waals surface area contributed by atoms with Crippen molar-refractivity contribution in [1.29, 1.82) is 0 Å². The van der Waals surface area contributed by atoms with Gasteiger partial charge in [-0.05, 0) is 23.1 Å². The lowest BCUT2D eigenvalue weighted by molar-refractivity contribution is -0.140. The average molecular weight is 247 g/mol. The lowest BCUT2D eigenvalue weighted by atomic mass is 10.0. The first-order chi connectivity index (χ1) is 7.65. The van der Waals surface area contributed by atoms with Gasteiger partial charge in [0.25, 0.3) is 0 Å². The summed E-state index contributed by atoms with van der Waals surface area (Å²) in [7, 11) is 0. The number of hydrogen-bond donors (Lipinski definition) is 1. The first-order valence-electron chi connectivity index (χ1n) is 5.28. The highest BCUT2D eigenvalue weighted by Gasteiger charge is 2.56. The molecule has 1 aromatic rings. The Hall–Kier alpha value is -1.10. The molecule has 0 aromatic heterocycles. The molecular formula is C12H13F4N. The van der Waals surface area contributed by atoms with Crippen molar-refractivity contribution in [3.8, 4) is 0 Å². The second kappa shape index (κ2) is 3.45. The van der Waals surface area contributed by atoms with E-state index in [1.807, 2.05) is 13.8 Å². The second-order valence-electron chi connectivity index (χ2n) is 5.06. The highest BCUT2D eigenvalue weighted by atomic mass is 19.4. The third kappa shape index (κ3) is 1.92. The van der Waals surface area contributed by atoms with Gasteiger partial charge in [-0.1, -0.05) is 19.9 Å². The summed E-state index contributed by atoms with van der Waals surface area (Å²) in [6.07, 6.45) is -4.66. The molecule has 0 amide bonds. The van der Waals surface area contributed by atoms with Crippen LogP contribution >= 0.6 is 0 Å². The number of hydrogen-bond acceptors (Lipinski definition) is 1. The molecule has 17 heavy (non-hydrogen) atoms. The summed E-state index contributed by atoms with van der Waals surface area (Å²) in [6, 6.07) is 2.94. The van der Waals surface area contributed by atoms with Crippen LogP contribution < -0.4 is 5.73 Å². The Morgan fingerprint density at radius 2 is 1.76 bits per heavy atom. The summed E-state index contributed by atoms with van der Waals surface area (Å²) in [5, 5.41) is 0. The van der Waals surface area contributed by atoms with E-state index in [-0.39, 0.29) is 17.4 Å². The minimum atomic E-state index is -4.66. The zero-order valence-electron chi connectivity index (χ0n) is 9.48. The highest BCUT2D eigenvalue weighted by molar-refractivity contribution is 5.38. The number of rotatable bonds is 1. The van der Waals surface area contributed by atoms with E-state index >= 15 is 0 Å². The van der Waals surface area contributed by atoms with Crippen molar-refractivity contribution in [1.82, 2.24) is 0 Å². The van der Waals surface area contributed by atoms with Crippen molar-refractivity contribution in [3.05, 3.63) is 35.1 Å². The van der Waals surface area contributed by atoms with E-state index in [0.717, 1.165) is 12.1 Å². The highest BCUT2D eigenvalue weighted by Crippen LogP contribution is 2.57. The zero-order chi connectivity index (χ0) is 13.0. The van der Waals surface area contributed by atoms with Crippen LogP contribution in [0.2, 0.25) is 0 Å². The maximum Gasteiger partial charge on any atom is 0.419 e. The Kier molecular flexibility index (Phi) is 2.51. The third-order valence-electron chi connectivity index (χ3n) is 3.57. The quantitative estimate of drug-likeness (QED) is 0.757. The Bertz CT molecular complexity index is 450. The molecule has 0 unspecified atom stereocenters. The first-order valence-corrected chi connectivity index (χ1v) is 5.28. The van der Waals surface area contributed by atoms with E-state index in [2.05, 4.69) is 0 Å². The van der Waals surface area contributed by atoms with E-state index < -0.39 is 17.6 Å². The molecule has 5 heteroatoms. The van der Waals surface area contributed by atoms with Gasteiger partial charge < -0.3 is 5.73 Å². The number of nitrogens with two attached hydrogens (primary N) is 1. The Morgan fingerprint density at radius 1 is 1.24 bits per heavy atom. The number of alkyl halides is 3. The first kappa shape index (κ1) is 12.4. The van der Waals surface area contributed by atoms with Gasteiger partial charge in [0.15, 0.2) is 0 Å². The maximum absolute atomic E-state index is 13.1. The van der Waals surface area contributed by atoms with Crippen molar-refractivity contribution < 1.29 is 17.6 Å². The monoisotopic (exact) mass is 247 g/mol. The van der Waals surface area contributed by atoms with E-state index in [4.69, 9.17) is 5.73 Å². The molecule has 1 aliphatic carbocycles. The topological polar surface area (TPSA) is 26.0 Å². The molecule has 0 spiro atoms. The minimum absolute atomic E-state index is 0.135. The Labute approximate surface area is 96.6 Å². The molecule has 1 nitrogen and oxygen atoms in total. The molecule has 1 aromatic carbocycles. The van der Waals surface area contributed by atoms with Crippen molar-refractivity contribution in [3.63, 3.8) is 0 Å². The van der Waals surface area contributed by atoms with E-state index in [1.54, 1.807) is 0 Å². The van der Waals surface area contributed by atoms with Crippen molar-refractivity contribution >= 4 is 0 Å².